The van der Waals surface area contributed by atoms with Crippen LogP contribution >= 0.6 is 0 Å². The van der Waals surface area contributed by atoms with Gasteiger partial charge in [-0.15, -0.1) is 0 Å². The van der Waals surface area contributed by atoms with Gasteiger partial charge in [0.05, 0.1) is 0 Å². The smallest absolute Gasteiger partial charge is 0.693 e. The first-order valence-electron chi connectivity index (χ1n) is 5.27. The van der Waals surface area contributed by atoms with Crippen LogP contribution in [-0.2, 0) is 33.6 Å². The van der Waals surface area contributed by atoms with E-state index < -0.39 is 0 Å². The fourth-order valence-electron chi connectivity index (χ4n) is 0. The van der Waals surface area contributed by atoms with Crippen molar-refractivity contribution >= 4 is 0 Å². The summed E-state index contributed by atoms with van der Waals surface area (Å²) < 4.78 is 0. The van der Waals surface area contributed by atoms with Gasteiger partial charge in [-0.1, -0.05) is 0 Å². The van der Waals surface area contributed by atoms with Gasteiger partial charge in [0.15, 0.2) is 0 Å². The van der Waals surface area contributed by atoms with Gasteiger partial charge in [0.25, 0.3) is 0 Å². The van der Waals surface area contributed by atoms with E-state index in [2.05, 4.69) is 0 Å². The zero-order valence-corrected chi connectivity index (χ0v) is 14.1. The molecule has 0 aliphatic rings. The summed E-state index contributed by atoms with van der Waals surface area (Å²) in [6.45, 7) is 4.78. The van der Waals surface area contributed by atoms with Crippen molar-refractivity contribution in [3.05, 3.63) is 6.15 Å². The van der Waals surface area contributed by atoms with Gasteiger partial charge in [-0.3, -0.25) is 0 Å². The van der Waals surface area contributed by atoms with Crippen LogP contribution in [0.3, 0.4) is 0 Å². The first-order chi connectivity index (χ1) is 7.66. The molecule has 0 unspecified atom stereocenters. The molecule has 0 aliphatic heterocycles. The second-order valence-electron chi connectivity index (χ2n) is 2.31. The second-order valence-corrected chi connectivity index (χ2v) is 2.31. The van der Waals surface area contributed by atoms with Crippen LogP contribution in [0.15, 0.2) is 0 Å². The van der Waals surface area contributed by atoms with E-state index >= 15 is 0 Å². The van der Waals surface area contributed by atoms with Gasteiger partial charge in [0.1, 0.15) is 0 Å². The van der Waals surface area contributed by atoms with Gasteiger partial charge in [0, 0.05) is 52.4 Å². The molecule has 20 N–H and O–H groups in total. The van der Waals surface area contributed by atoms with Crippen molar-refractivity contribution in [2.45, 2.75) is 0 Å². The molecule has 0 aromatic rings. The van der Waals surface area contributed by atoms with Crippen LogP contribution in [-0.4, -0.2) is 57.8 Å². The first kappa shape index (κ1) is 49.8. The normalized spacial score (nSPS) is 6.00. The third-order valence-electron chi connectivity index (χ3n) is 0.667. The predicted octanol–water partition coefficient (Wildman–Crippen LogP) is -4.50. The Bertz CT molecular complexity index is 55.9. The second kappa shape index (κ2) is 91.6. The molecule has 0 heterocycles. The molecule has 0 bridgehead atoms. The molecule has 0 saturated carbocycles. The number of hydrogen-bond acceptors (Lipinski definition) is 8. The van der Waals surface area contributed by atoms with Crippen molar-refractivity contribution < 1.29 is 39.0 Å². The van der Waals surface area contributed by atoms with Crippen molar-refractivity contribution in [3.8, 4) is 0 Å². The molecule has 0 saturated heterocycles. The van der Waals surface area contributed by atoms with E-state index in [4.69, 9.17) is 45.9 Å². The van der Waals surface area contributed by atoms with Crippen LogP contribution in [0.25, 0.3) is 6.15 Å². The molecular formula is C8H36Co2N9O+3. The van der Waals surface area contributed by atoms with Gasteiger partial charge in [0.2, 0.25) is 0 Å². The zero-order valence-electron chi connectivity index (χ0n) is 12.0. The van der Waals surface area contributed by atoms with E-state index in [1.807, 2.05) is 0 Å². The van der Waals surface area contributed by atoms with Gasteiger partial charge in [-0.2, -0.15) is 0 Å². The fraction of sp³-hybridized carbons (Fsp3) is 1.00. The van der Waals surface area contributed by atoms with Crippen LogP contribution in [0.2, 0.25) is 0 Å². The van der Waals surface area contributed by atoms with Crippen LogP contribution in [0.1, 0.15) is 0 Å². The Hall–Kier alpha value is 0.613. The monoisotopic (exact) mass is 392 g/mol. The summed E-state index contributed by atoms with van der Waals surface area (Å²) in [5, 5.41) is 0. The molecule has 0 atom stereocenters. The SMILES string of the molecule is NCCN.NCCN.NCCN.NCCN.O.[Co+2].[Co+2].[NH2-]. The molecular weight excluding hydrogens is 356 g/mol. The van der Waals surface area contributed by atoms with E-state index in [-0.39, 0.29) is 45.2 Å². The van der Waals surface area contributed by atoms with Crippen LogP contribution < -0.4 is 45.9 Å². The summed E-state index contributed by atoms with van der Waals surface area (Å²) in [5.41, 5.74) is 39.2. The van der Waals surface area contributed by atoms with Gasteiger partial charge in [-0.25, -0.2) is 0 Å². The summed E-state index contributed by atoms with van der Waals surface area (Å²) >= 11 is 0. The molecule has 0 rings (SSSR count). The molecule has 0 aromatic heterocycles. The minimum atomic E-state index is 0. The van der Waals surface area contributed by atoms with Crippen molar-refractivity contribution in [2.75, 3.05) is 52.4 Å². The molecule has 134 valence electrons. The van der Waals surface area contributed by atoms with Gasteiger partial charge >= 0.3 is 33.6 Å². The first-order valence-corrected chi connectivity index (χ1v) is 5.27. The minimum Gasteiger partial charge on any atom is -0.693 e. The Morgan fingerprint density at radius 3 is 0.400 bits per heavy atom. The molecule has 12 heteroatoms. The van der Waals surface area contributed by atoms with E-state index in [0.717, 1.165) is 0 Å². The molecule has 0 aromatic carbocycles. The summed E-state index contributed by atoms with van der Waals surface area (Å²) in [7, 11) is 0. The number of nitrogens with two attached hydrogens (primary N) is 9. The molecule has 2 radical (unpaired) electrons. The molecule has 0 amide bonds. The average Bonchev–Trinajstić information content (AvgIpc) is 2.39. The van der Waals surface area contributed by atoms with E-state index in [0.29, 0.717) is 52.4 Å². The molecule has 0 aliphatic carbocycles. The predicted molar refractivity (Wildman–Crippen MR) is 81.3 cm³/mol. The quantitative estimate of drug-likeness (QED) is 0.230. The maximum Gasteiger partial charge on any atom is 2.00 e. The summed E-state index contributed by atoms with van der Waals surface area (Å²) in [6, 6.07) is 0. The third kappa shape index (κ3) is 271. The van der Waals surface area contributed by atoms with Crippen LogP contribution in [0, 0.1) is 0 Å². The molecule has 0 spiro atoms. The van der Waals surface area contributed by atoms with Gasteiger partial charge < -0.3 is 57.5 Å². The Labute approximate surface area is 143 Å². The largest absolute Gasteiger partial charge is 2.00 e. The summed E-state index contributed by atoms with van der Waals surface area (Å²) in [4.78, 5) is 0. The third-order valence-corrected chi connectivity index (χ3v) is 0.667. The van der Waals surface area contributed by atoms with Crippen LogP contribution in [0.4, 0.5) is 0 Å². The Kier molecular flexibility index (Phi) is 228. The van der Waals surface area contributed by atoms with Crippen molar-refractivity contribution in [1.82, 2.24) is 0 Å². The zero-order chi connectivity index (χ0) is 13.7. The number of rotatable bonds is 4. The number of hydrogen-bond donors (Lipinski definition) is 8. The van der Waals surface area contributed by atoms with Gasteiger partial charge in [-0.05, 0) is 0 Å². The standard InChI is InChI=1S/4C2H8N2.2Co.H2N.H2O/c4*3-1-2-4;;;;/h4*1-4H2;;;2*1H2/q;;;;2*+2;-1;. The van der Waals surface area contributed by atoms with E-state index in [1.54, 1.807) is 0 Å². The van der Waals surface area contributed by atoms with Crippen LogP contribution in [0.5, 0.6) is 0 Å². The maximum absolute atomic E-state index is 4.90. The van der Waals surface area contributed by atoms with Crippen molar-refractivity contribution in [1.29, 1.82) is 0 Å². The average molecular weight is 392 g/mol. The topological polar surface area (TPSA) is 273 Å². The Balaban J connectivity index is -0.0000000150. The van der Waals surface area contributed by atoms with Crippen molar-refractivity contribution in [3.63, 3.8) is 0 Å². The minimum absolute atomic E-state index is 0. The summed E-state index contributed by atoms with van der Waals surface area (Å²) in [6.07, 6.45) is 0. The fourth-order valence-corrected chi connectivity index (χ4v) is 0. The Morgan fingerprint density at radius 1 is 0.350 bits per heavy atom. The Morgan fingerprint density at radius 2 is 0.400 bits per heavy atom. The molecule has 20 heavy (non-hydrogen) atoms. The summed E-state index contributed by atoms with van der Waals surface area (Å²) in [5.74, 6) is 0. The van der Waals surface area contributed by atoms with E-state index in [1.165, 1.54) is 0 Å². The maximum atomic E-state index is 4.90. The van der Waals surface area contributed by atoms with E-state index in [9.17, 15) is 0 Å². The molecule has 10 nitrogen and oxygen atoms in total. The van der Waals surface area contributed by atoms with Crippen molar-refractivity contribution in [2.24, 2.45) is 45.9 Å². The molecule has 0 fully saturated rings.